The lowest BCUT2D eigenvalue weighted by molar-refractivity contribution is 0.135. The fourth-order valence-corrected chi connectivity index (χ4v) is 1.88. The van der Waals surface area contributed by atoms with E-state index in [2.05, 4.69) is 5.10 Å². The van der Waals surface area contributed by atoms with Crippen LogP contribution in [0.5, 0.6) is 0 Å². The van der Waals surface area contributed by atoms with Crippen LogP contribution >= 0.6 is 11.8 Å². The van der Waals surface area contributed by atoms with Crippen LogP contribution in [0.1, 0.15) is 31.0 Å². The highest BCUT2D eigenvalue weighted by Crippen LogP contribution is 2.40. The molecule has 1 aromatic heterocycles. The van der Waals surface area contributed by atoms with Crippen molar-refractivity contribution in [1.29, 1.82) is 0 Å². The number of rotatable bonds is 3. The van der Waals surface area contributed by atoms with Gasteiger partial charge in [-0.1, -0.05) is 0 Å². The molecule has 1 heterocycles. The fourth-order valence-electron chi connectivity index (χ4n) is 1.33. The number of halogens is 2. The normalized spacial score (nSPS) is 16.9. The molecule has 0 unspecified atom stereocenters. The van der Waals surface area contributed by atoms with Crippen LogP contribution in [0, 0.1) is 0 Å². The Balaban J connectivity index is 2.38. The molecular weight excluding hydrogens is 194 g/mol. The highest BCUT2D eigenvalue weighted by atomic mass is 32.2. The summed E-state index contributed by atoms with van der Waals surface area (Å²) in [6.07, 6.45) is 2.88. The van der Waals surface area contributed by atoms with Gasteiger partial charge < -0.3 is 0 Å². The quantitative estimate of drug-likeness (QED) is 0.704. The van der Waals surface area contributed by atoms with E-state index in [0.717, 1.165) is 12.8 Å². The Morgan fingerprint density at radius 2 is 2.31 bits per heavy atom. The van der Waals surface area contributed by atoms with E-state index in [1.54, 1.807) is 6.26 Å². The maximum Gasteiger partial charge on any atom is 0.281 e. The lowest BCUT2D eigenvalue weighted by atomic mass is 10.4. The van der Waals surface area contributed by atoms with Gasteiger partial charge in [-0.15, -0.1) is 11.8 Å². The van der Waals surface area contributed by atoms with E-state index in [1.165, 1.54) is 22.6 Å². The summed E-state index contributed by atoms with van der Waals surface area (Å²) >= 11 is 1.33. The Hall–Kier alpha value is -0.580. The number of alkyl halides is 2. The number of nitrogens with zero attached hydrogens (tertiary/aromatic N) is 2. The first-order valence-corrected chi connectivity index (χ1v) is 5.36. The van der Waals surface area contributed by atoms with Crippen LogP contribution in [0.15, 0.2) is 11.1 Å². The van der Waals surface area contributed by atoms with Gasteiger partial charge in [-0.25, -0.2) is 8.78 Å². The first kappa shape index (κ1) is 8.99. The van der Waals surface area contributed by atoms with Gasteiger partial charge in [0, 0.05) is 0 Å². The van der Waals surface area contributed by atoms with Crippen molar-refractivity contribution in [2.75, 3.05) is 6.26 Å². The maximum atomic E-state index is 12.6. The third-order valence-electron chi connectivity index (χ3n) is 2.12. The second-order valence-electron chi connectivity index (χ2n) is 3.07. The van der Waals surface area contributed by atoms with E-state index in [-0.39, 0.29) is 11.7 Å². The number of hydrogen-bond donors (Lipinski definition) is 0. The summed E-state index contributed by atoms with van der Waals surface area (Å²) in [4.78, 5) is 0.599. The largest absolute Gasteiger partial charge is 0.281 e. The van der Waals surface area contributed by atoms with Crippen molar-refractivity contribution in [3.05, 3.63) is 11.9 Å². The van der Waals surface area contributed by atoms with Gasteiger partial charge in [0.15, 0.2) is 0 Å². The van der Waals surface area contributed by atoms with E-state index >= 15 is 0 Å². The Bertz CT molecular complexity index is 307. The number of aromatic nitrogens is 2. The van der Waals surface area contributed by atoms with Gasteiger partial charge in [-0.3, -0.25) is 4.68 Å². The zero-order valence-corrected chi connectivity index (χ0v) is 8.02. The molecule has 13 heavy (non-hydrogen) atoms. The zero-order valence-electron chi connectivity index (χ0n) is 7.20. The Morgan fingerprint density at radius 3 is 2.77 bits per heavy atom. The van der Waals surface area contributed by atoms with Crippen LogP contribution in [0.2, 0.25) is 0 Å². The molecule has 2 nitrogen and oxygen atoms in total. The van der Waals surface area contributed by atoms with Gasteiger partial charge in [0.1, 0.15) is 5.69 Å². The van der Waals surface area contributed by atoms with Crippen molar-refractivity contribution >= 4 is 11.8 Å². The van der Waals surface area contributed by atoms with E-state index < -0.39 is 6.43 Å². The molecular formula is C8H10F2N2S. The summed E-state index contributed by atoms with van der Waals surface area (Å²) in [7, 11) is 0. The molecule has 72 valence electrons. The van der Waals surface area contributed by atoms with Gasteiger partial charge in [0.2, 0.25) is 0 Å². The van der Waals surface area contributed by atoms with Gasteiger partial charge in [0.05, 0.1) is 17.1 Å². The summed E-state index contributed by atoms with van der Waals surface area (Å²) in [5, 5.41) is 3.99. The Kier molecular flexibility index (Phi) is 2.27. The molecule has 2 rings (SSSR count). The van der Waals surface area contributed by atoms with Gasteiger partial charge >= 0.3 is 0 Å². The molecule has 1 saturated carbocycles. The minimum atomic E-state index is -2.41. The SMILES string of the molecule is CSc1cnn(C2CC2)c1C(F)F. The predicted octanol–water partition coefficient (Wildman–Crippen LogP) is 2.88. The van der Waals surface area contributed by atoms with E-state index in [0.29, 0.717) is 4.90 Å². The van der Waals surface area contributed by atoms with Crippen LogP contribution in [0.25, 0.3) is 0 Å². The van der Waals surface area contributed by atoms with E-state index in [9.17, 15) is 8.78 Å². The van der Waals surface area contributed by atoms with Crippen LogP contribution in [0.4, 0.5) is 8.78 Å². The van der Waals surface area contributed by atoms with Crippen molar-refractivity contribution in [1.82, 2.24) is 9.78 Å². The summed E-state index contributed by atoms with van der Waals surface area (Å²) in [5.41, 5.74) is 0.0926. The monoisotopic (exact) mass is 204 g/mol. The molecule has 0 aromatic carbocycles. The molecule has 0 amide bonds. The summed E-state index contributed by atoms with van der Waals surface area (Å²) in [5.74, 6) is 0. The molecule has 0 atom stereocenters. The fraction of sp³-hybridized carbons (Fsp3) is 0.625. The van der Waals surface area contributed by atoms with Gasteiger partial charge in [-0.05, 0) is 19.1 Å². The molecule has 1 fully saturated rings. The molecule has 1 aromatic rings. The molecule has 0 saturated heterocycles. The molecule has 1 aliphatic carbocycles. The first-order chi connectivity index (χ1) is 6.24. The summed E-state index contributed by atoms with van der Waals surface area (Å²) in [6.45, 7) is 0. The topological polar surface area (TPSA) is 17.8 Å². The van der Waals surface area contributed by atoms with Crippen LogP contribution in [-0.2, 0) is 0 Å². The number of thioether (sulfide) groups is 1. The molecule has 0 aliphatic heterocycles. The highest BCUT2D eigenvalue weighted by molar-refractivity contribution is 7.98. The third kappa shape index (κ3) is 1.57. The summed E-state index contributed by atoms with van der Waals surface area (Å²) < 4.78 is 26.7. The standard InChI is InChI=1S/C8H10F2N2S/c1-13-6-4-11-12(5-2-3-5)7(6)8(9)10/h4-5,8H,2-3H2,1H3. The van der Waals surface area contributed by atoms with Crippen LogP contribution in [-0.4, -0.2) is 16.0 Å². The van der Waals surface area contributed by atoms with Gasteiger partial charge in [-0.2, -0.15) is 5.10 Å². The lowest BCUT2D eigenvalue weighted by Crippen LogP contribution is -2.03. The second kappa shape index (κ2) is 3.29. The molecule has 5 heteroatoms. The second-order valence-corrected chi connectivity index (χ2v) is 3.92. The van der Waals surface area contributed by atoms with Crippen molar-refractivity contribution in [2.45, 2.75) is 30.2 Å². The number of hydrogen-bond acceptors (Lipinski definition) is 2. The van der Waals surface area contributed by atoms with Crippen LogP contribution < -0.4 is 0 Å². The Morgan fingerprint density at radius 1 is 1.62 bits per heavy atom. The van der Waals surface area contributed by atoms with Crippen LogP contribution in [0.3, 0.4) is 0 Å². The van der Waals surface area contributed by atoms with Crippen molar-refractivity contribution < 1.29 is 8.78 Å². The predicted molar refractivity (Wildman–Crippen MR) is 47.2 cm³/mol. The minimum absolute atomic E-state index is 0.0926. The third-order valence-corrected chi connectivity index (χ3v) is 2.87. The highest BCUT2D eigenvalue weighted by Gasteiger charge is 2.30. The molecule has 0 bridgehead atoms. The lowest BCUT2D eigenvalue weighted by Gasteiger charge is -2.05. The minimum Gasteiger partial charge on any atom is -0.260 e. The maximum absolute atomic E-state index is 12.6. The smallest absolute Gasteiger partial charge is 0.260 e. The summed E-state index contributed by atoms with van der Waals surface area (Å²) in [6, 6.07) is 0.227. The first-order valence-electron chi connectivity index (χ1n) is 4.13. The average molecular weight is 204 g/mol. The molecule has 0 spiro atoms. The molecule has 1 aliphatic rings. The Labute approximate surface area is 79.3 Å². The van der Waals surface area contributed by atoms with E-state index in [4.69, 9.17) is 0 Å². The zero-order chi connectivity index (χ0) is 9.42. The van der Waals surface area contributed by atoms with E-state index in [1.807, 2.05) is 0 Å². The van der Waals surface area contributed by atoms with Crippen molar-refractivity contribution in [3.63, 3.8) is 0 Å². The van der Waals surface area contributed by atoms with Crippen molar-refractivity contribution in [2.24, 2.45) is 0 Å². The van der Waals surface area contributed by atoms with Crippen molar-refractivity contribution in [3.8, 4) is 0 Å². The van der Waals surface area contributed by atoms with Gasteiger partial charge in [0.25, 0.3) is 6.43 Å². The average Bonchev–Trinajstić information content (AvgIpc) is 2.84. The molecule has 0 radical (unpaired) electrons. The molecule has 0 N–H and O–H groups in total.